The summed E-state index contributed by atoms with van der Waals surface area (Å²) in [5, 5.41) is 4.31. The van der Waals surface area contributed by atoms with Crippen molar-refractivity contribution in [3.05, 3.63) is 79.4 Å². The van der Waals surface area contributed by atoms with Gasteiger partial charge in [-0.3, -0.25) is 9.67 Å². The lowest BCUT2D eigenvalue weighted by atomic mass is 10.1. The lowest BCUT2D eigenvalue weighted by molar-refractivity contribution is 0.609. The molecule has 0 saturated carbocycles. The first-order chi connectivity index (χ1) is 9.90. The van der Waals surface area contributed by atoms with E-state index in [0.717, 1.165) is 31.4 Å². The average molecular weight is 266 g/mol. The molecular weight excluding hydrogens is 246 g/mol. The first-order valence-corrected chi connectivity index (χ1v) is 6.90. The molecule has 20 heavy (non-hydrogen) atoms. The number of hydrogen-bond acceptors (Lipinski definition) is 2. The summed E-state index contributed by atoms with van der Waals surface area (Å²) in [7, 11) is 0. The minimum absolute atomic E-state index is 0.870. The van der Waals surface area contributed by atoms with Gasteiger partial charge in [-0.15, -0.1) is 6.58 Å². The number of pyridine rings is 1. The van der Waals surface area contributed by atoms with E-state index >= 15 is 0 Å². The van der Waals surface area contributed by atoms with Crippen LogP contribution in [-0.4, -0.2) is 14.8 Å². The number of rotatable bonds is 8. The van der Waals surface area contributed by atoms with Crippen LogP contribution >= 0.6 is 0 Å². The van der Waals surface area contributed by atoms with E-state index in [1.807, 2.05) is 53.6 Å². The van der Waals surface area contributed by atoms with Gasteiger partial charge in [0.2, 0.25) is 0 Å². The molecule has 2 rings (SSSR count). The maximum Gasteiger partial charge on any atom is 0.0918 e. The second-order valence-corrected chi connectivity index (χ2v) is 4.54. The topological polar surface area (TPSA) is 30.7 Å². The summed E-state index contributed by atoms with van der Waals surface area (Å²) in [5.74, 6) is 0. The van der Waals surface area contributed by atoms with Gasteiger partial charge in [0.25, 0.3) is 0 Å². The molecule has 0 bridgehead atoms. The SMILES string of the molecule is C=CCC[C](CC=CCc1ccccn1)n1cccn1. The predicted octanol–water partition coefficient (Wildman–Crippen LogP) is 3.81. The van der Waals surface area contributed by atoms with Crippen molar-refractivity contribution in [2.45, 2.75) is 25.7 Å². The van der Waals surface area contributed by atoms with Crippen molar-refractivity contribution in [1.82, 2.24) is 14.8 Å². The molecule has 103 valence electrons. The third kappa shape index (κ3) is 4.50. The summed E-state index contributed by atoms with van der Waals surface area (Å²) in [5.41, 5.74) is 1.09. The van der Waals surface area contributed by atoms with Crippen LogP contribution in [-0.2, 0) is 6.42 Å². The van der Waals surface area contributed by atoms with Gasteiger partial charge in [-0.1, -0.05) is 24.3 Å². The fourth-order valence-electron chi connectivity index (χ4n) is 1.98. The normalized spacial score (nSPS) is 11.2. The molecule has 0 aliphatic carbocycles. The van der Waals surface area contributed by atoms with E-state index in [1.165, 1.54) is 6.04 Å². The minimum Gasteiger partial charge on any atom is -0.264 e. The van der Waals surface area contributed by atoms with Crippen LogP contribution < -0.4 is 0 Å². The van der Waals surface area contributed by atoms with Crippen molar-refractivity contribution in [2.24, 2.45) is 0 Å². The molecule has 2 heterocycles. The first kappa shape index (κ1) is 14.3. The molecule has 0 aliphatic rings. The van der Waals surface area contributed by atoms with Crippen molar-refractivity contribution < 1.29 is 0 Å². The second kappa shape index (κ2) is 8.10. The Bertz CT molecular complexity index is 514. The van der Waals surface area contributed by atoms with Crippen LogP contribution in [0.1, 0.15) is 25.0 Å². The zero-order valence-corrected chi connectivity index (χ0v) is 11.7. The maximum absolute atomic E-state index is 4.31. The van der Waals surface area contributed by atoms with Crippen LogP contribution in [0.5, 0.6) is 0 Å². The quantitative estimate of drug-likeness (QED) is 0.680. The van der Waals surface area contributed by atoms with Gasteiger partial charge >= 0.3 is 0 Å². The summed E-state index contributed by atoms with van der Waals surface area (Å²) < 4.78 is 1.95. The second-order valence-electron chi connectivity index (χ2n) is 4.54. The van der Waals surface area contributed by atoms with Crippen LogP contribution in [0.4, 0.5) is 0 Å². The van der Waals surface area contributed by atoms with E-state index in [0.29, 0.717) is 0 Å². The van der Waals surface area contributed by atoms with Gasteiger partial charge < -0.3 is 0 Å². The van der Waals surface area contributed by atoms with Crippen LogP contribution in [0, 0.1) is 6.04 Å². The third-order valence-electron chi connectivity index (χ3n) is 3.04. The third-order valence-corrected chi connectivity index (χ3v) is 3.04. The average Bonchev–Trinajstić information content (AvgIpc) is 3.02. The molecule has 1 radical (unpaired) electrons. The Morgan fingerprint density at radius 1 is 1.20 bits per heavy atom. The van der Waals surface area contributed by atoms with E-state index in [9.17, 15) is 0 Å². The molecule has 0 spiro atoms. The van der Waals surface area contributed by atoms with Crippen LogP contribution in [0.25, 0.3) is 0 Å². The zero-order chi connectivity index (χ0) is 14.0. The minimum atomic E-state index is 0.870. The van der Waals surface area contributed by atoms with Gasteiger partial charge in [-0.05, 0) is 37.5 Å². The highest BCUT2D eigenvalue weighted by atomic mass is 15.3. The Morgan fingerprint density at radius 3 is 2.85 bits per heavy atom. The van der Waals surface area contributed by atoms with Gasteiger partial charge in [0.05, 0.1) is 6.04 Å². The number of aromatic nitrogens is 3. The van der Waals surface area contributed by atoms with Crippen LogP contribution in [0.2, 0.25) is 0 Å². The Balaban J connectivity index is 1.86. The van der Waals surface area contributed by atoms with Crippen LogP contribution in [0.15, 0.2) is 67.7 Å². The molecule has 3 heteroatoms. The molecule has 0 N–H and O–H groups in total. The highest BCUT2D eigenvalue weighted by Crippen LogP contribution is 2.17. The standard InChI is InChI=1S/C17H20N3/c1-2-3-11-17(20-15-8-14-19-20)12-5-4-9-16-10-6-7-13-18-16/h2,4-8,10,13-15H,1,3,9,11-12H2. The predicted molar refractivity (Wildman–Crippen MR) is 82.0 cm³/mol. The highest BCUT2D eigenvalue weighted by Gasteiger charge is 2.09. The van der Waals surface area contributed by atoms with Gasteiger partial charge in [-0.25, -0.2) is 0 Å². The monoisotopic (exact) mass is 266 g/mol. The molecule has 0 aromatic carbocycles. The zero-order valence-electron chi connectivity index (χ0n) is 11.7. The fraction of sp³-hybridized carbons (Fsp3) is 0.235. The Morgan fingerprint density at radius 2 is 2.15 bits per heavy atom. The van der Waals surface area contributed by atoms with Gasteiger partial charge in [-0.2, -0.15) is 5.10 Å². The van der Waals surface area contributed by atoms with Crippen molar-refractivity contribution >= 4 is 0 Å². The Labute approximate surface area is 120 Å². The summed E-state index contributed by atoms with van der Waals surface area (Å²) in [4.78, 5) is 4.31. The summed E-state index contributed by atoms with van der Waals surface area (Å²) >= 11 is 0. The molecule has 0 saturated heterocycles. The summed E-state index contributed by atoms with van der Waals surface area (Å²) in [6.45, 7) is 3.78. The molecule has 0 unspecified atom stereocenters. The summed E-state index contributed by atoms with van der Waals surface area (Å²) in [6.07, 6.45) is 15.7. The van der Waals surface area contributed by atoms with Gasteiger partial charge in [0, 0.05) is 30.7 Å². The number of hydrogen-bond donors (Lipinski definition) is 0. The van der Waals surface area contributed by atoms with Crippen molar-refractivity contribution in [3.8, 4) is 0 Å². The molecule has 0 fully saturated rings. The molecule has 0 amide bonds. The largest absolute Gasteiger partial charge is 0.264 e. The maximum atomic E-state index is 4.31. The Hall–Kier alpha value is -2.16. The summed E-state index contributed by atoms with van der Waals surface area (Å²) in [6, 6.07) is 9.23. The van der Waals surface area contributed by atoms with E-state index in [4.69, 9.17) is 0 Å². The van der Waals surface area contributed by atoms with E-state index in [-0.39, 0.29) is 0 Å². The van der Waals surface area contributed by atoms with E-state index in [1.54, 1.807) is 0 Å². The molecule has 0 atom stereocenters. The fourth-order valence-corrected chi connectivity index (χ4v) is 1.98. The van der Waals surface area contributed by atoms with Gasteiger partial charge in [0.15, 0.2) is 0 Å². The van der Waals surface area contributed by atoms with Crippen LogP contribution in [0.3, 0.4) is 0 Å². The van der Waals surface area contributed by atoms with Crippen molar-refractivity contribution in [1.29, 1.82) is 0 Å². The number of nitrogens with zero attached hydrogens (tertiary/aromatic N) is 3. The molecule has 3 nitrogen and oxygen atoms in total. The smallest absolute Gasteiger partial charge is 0.0918 e. The molecular formula is C17H20N3. The molecule has 0 aliphatic heterocycles. The number of allylic oxidation sites excluding steroid dienone is 3. The Kier molecular flexibility index (Phi) is 5.77. The highest BCUT2D eigenvalue weighted by molar-refractivity contribution is 5.09. The molecule has 2 aromatic rings. The van der Waals surface area contributed by atoms with E-state index < -0.39 is 0 Å². The molecule has 2 aromatic heterocycles. The van der Waals surface area contributed by atoms with E-state index in [2.05, 4.69) is 28.8 Å². The van der Waals surface area contributed by atoms with Crippen molar-refractivity contribution in [3.63, 3.8) is 0 Å². The lowest BCUT2D eigenvalue weighted by Crippen LogP contribution is -2.09. The van der Waals surface area contributed by atoms with Gasteiger partial charge in [0.1, 0.15) is 0 Å². The lowest BCUT2D eigenvalue weighted by Gasteiger charge is -2.13. The first-order valence-electron chi connectivity index (χ1n) is 6.90. The van der Waals surface area contributed by atoms with Crippen molar-refractivity contribution in [2.75, 3.05) is 0 Å².